The first-order chi connectivity index (χ1) is 10.7. The molecular formula is C16H11F2N3O. The molecule has 110 valence electrons. The molecule has 0 saturated heterocycles. The Kier molecular flexibility index (Phi) is 3.65. The van der Waals surface area contributed by atoms with E-state index < -0.39 is 17.5 Å². The molecule has 1 aromatic heterocycles. The van der Waals surface area contributed by atoms with Gasteiger partial charge in [-0.3, -0.25) is 4.79 Å². The number of rotatable bonds is 3. The van der Waals surface area contributed by atoms with Crippen molar-refractivity contribution in [3.05, 3.63) is 71.4 Å². The first-order valence-corrected chi connectivity index (χ1v) is 6.50. The highest BCUT2D eigenvalue weighted by atomic mass is 19.1. The summed E-state index contributed by atoms with van der Waals surface area (Å²) >= 11 is 0. The Bertz CT molecular complexity index is 850. The molecule has 0 fully saturated rings. The molecule has 6 heteroatoms. The van der Waals surface area contributed by atoms with Gasteiger partial charge in [-0.1, -0.05) is 24.3 Å². The van der Waals surface area contributed by atoms with Crippen LogP contribution in [0.25, 0.3) is 10.9 Å². The van der Waals surface area contributed by atoms with Crippen molar-refractivity contribution in [3.8, 4) is 0 Å². The highest BCUT2D eigenvalue weighted by molar-refractivity contribution is 6.06. The third kappa shape index (κ3) is 2.58. The number of H-pyrrole nitrogens is 1. The first kappa shape index (κ1) is 13.9. The normalized spacial score (nSPS) is 11.2. The average Bonchev–Trinajstić information content (AvgIpc) is 2.94. The maximum atomic E-state index is 13.4. The summed E-state index contributed by atoms with van der Waals surface area (Å²) in [5.74, 6) is -1.96. The number of aromatic nitrogens is 1. The molecule has 0 bridgehead atoms. The molecule has 22 heavy (non-hydrogen) atoms. The summed E-state index contributed by atoms with van der Waals surface area (Å²) in [5.41, 5.74) is 3.17. The smallest absolute Gasteiger partial charge is 0.273 e. The molecule has 3 rings (SSSR count). The monoisotopic (exact) mass is 299 g/mol. The molecule has 1 heterocycles. The second-order valence-corrected chi connectivity index (χ2v) is 4.58. The summed E-state index contributed by atoms with van der Waals surface area (Å²) in [6.45, 7) is 0. The minimum absolute atomic E-state index is 0.304. The van der Waals surface area contributed by atoms with Crippen molar-refractivity contribution < 1.29 is 13.6 Å². The van der Waals surface area contributed by atoms with Gasteiger partial charge in [-0.05, 0) is 18.2 Å². The lowest BCUT2D eigenvalue weighted by atomic mass is 10.2. The summed E-state index contributed by atoms with van der Waals surface area (Å²) in [7, 11) is 0. The van der Waals surface area contributed by atoms with Crippen LogP contribution in [0, 0.1) is 11.6 Å². The largest absolute Gasteiger partial charge is 0.360 e. The van der Waals surface area contributed by atoms with Gasteiger partial charge < -0.3 is 4.98 Å². The van der Waals surface area contributed by atoms with Gasteiger partial charge >= 0.3 is 0 Å². The molecule has 0 spiro atoms. The van der Waals surface area contributed by atoms with E-state index in [4.69, 9.17) is 0 Å². The molecular weight excluding hydrogens is 288 g/mol. The van der Waals surface area contributed by atoms with Crippen LogP contribution in [0.3, 0.4) is 0 Å². The fourth-order valence-electron chi connectivity index (χ4n) is 2.11. The number of carbonyl (C=O) groups excluding carboxylic acids is 1. The SMILES string of the molecule is O=C(N/N=C/c1c(F)cccc1F)c1c[nH]c2ccccc12. The number of halogens is 2. The highest BCUT2D eigenvalue weighted by Crippen LogP contribution is 2.17. The highest BCUT2D eigenvalue weighted by Gasteiger charge is 2.11. The zero-order valence-electron chi connectivity index (χ0n) is 11.3. The molecule has 3 aromatic rings. The molecule has 0 aliphatic rings. The minimum atomic E-state index is -0.745. The van der Waals surface area contributed by atoms with Crippen LogP contribution in [0.4, 0.5) is 8.78 Å². The Balaban J connectivity index is 1.79. The Morgan fingerprint density at radius 2 is 1.82 bits per heavy atom. The number of benzene rings is 2. The number of fused-ring (bicyclic) bond motifs is 1. The zero-order chi connectivity index (χ0) is 15.5. The Labute approximate surface area is 124 Å². The summed E-state index contributed by atoms with van der Waals surface area (Å²) in [5, 5.41) is 4.35. The fraction of sp³-hybridized carbons (Fsp3) is 0. The number of hydrazone groups is 1. The number of hydrogen-bond acceptors (Lipinski definition) is 2. The predicted octanol–water partition coefficient (Wildman–Crippen LogP) is 3.21. The number of nitrogens with one attached hydrogen (secondary N) is 2. The summed E-state index contributed by atoms with van der Waals surface area (Å²) < 4.78 is 26.8. The molecule has 4 nitrogen and oxygen atoms in total. The van der Waals surface area contributed by atoms with E-state index in [9.17, 15) is 13.6 Å². The number of amides is 1. The van der Waals surface area contributed by atoms with E-state index in [1.54, 1.807) is 12.3 Å². The number of aromatic amines is 1. The topological polar surface area (TPSA) is 57.2 Å². The van der Waals surface area contributed by atoms with Gasteiger partial charge in [-0.2, -0.15) is 5.10 Å². The molecule has 0 radical (unpaired) electrons. The van der Waals surface area contributed by atoms with Crippen molar-refractivity contribution in [2.24, 2.45) is 5.10 Å². The van der Waals surface area contributed by atoms with E-state index in [0.717, 1.165) is 29.3 Å². The molecule has 1 amide bonds. The summed E-state index contributed by atoms with van der Waals surface area (Å²) in [6.07, 6.45) is 2.50. The van der Waals surface area contributed by atoms with E-state index in [1.807, 2.05) is 18.2 Å². The van der Waals surface area contributed by atoms with Crippen molar-refractivity contribution in [1.29, 1.82) is 0 Å². The van der Waals surface area contributed by atoms with E-state index in [-0.39, 0.29) is 5.56 Å². The summed E-state index contributed by atoms with van der Waals surface area (Å²) in [6, 6.07) is 10.8. The zero-order valence-corrected chi connectivity index (χ0v) is 11.3. The van der Waals surface area contributed by atoms with Gasteiger partial charge in [0.05, 0.1) is 17.3 Å². The van der Waals surface area contributed by atoms with E-state index in [2.05, 4.69) is 15.5 Å². The number of nitrogens with zero attached hydrogens (tertiary/aromatic N) is 1. The van der Waals surface area contributed by atoms with Gasteiger partial charge in [-0.15, -0.1) is 0 Å². The van der Waals surface area contributed by atoms with Crippen LogP contribution in [0.2, 0.25) is 0 Å². The fourth-order valence-corrected chi connectivity index (χ4v) is 2.11. The third-order valence-corrected chi connectivity index (χ3v) is 3.19. The van der Waals surface area contributed by atoms with Crippen LogP contribution in [-0.2, 0) is 0 Å². The number of carbonyl (C=O) groups is 1. The summed E-state index contributed by atoms with van der Waals surface area (Å²) in [4.78, 5) is 15.0. The van der Waals surface area contributed by atoms with Crippen molar-refractivity contribution in [3.63, 3.8) is 0 Å². The molecule has 2 N–H and O–H groups in total. The molecule has 0 aliphatic carbocycles. The number of para-hydroxylation sites is 1. The maximum absolute atomic E-state index is 13.4. The molecule has 0 aliphatic heterocycles. The third-order valence-electron chi connectivity index (χ3n) is 3.19. The van der Waals surface area contributed by atoms with Crippen LogP contribution in [0.1, 0.15) is 15.9 Å². The molecule has 0 saturated carbocycles. The molecule has 0 atom stereocenters. The van der Waals surface area contributed by atoms with Crippen molar-refractivity contribution in [1.82, 2.24) is 10.4 Å². The lowest BCUT2D eigenvalue weighted by Crippen LogP contribution is -2.17. The van der Waals surface area contributed by atoms with Crippen molar-refractivity contribution >= 4 is 23.0 Å². The van der Waals surface area contributed by atoms with Crippen LogP contribution < -0.4 is 5.43 Å². The Morgan fingerprint density at radius 3 is 2.59 bits per heavy atom. The quantitative estimate of drug-likeness (QED) is 0.566. The second-order valence-electron chi connectivity index (χ2n) is 4.58. The second kappa shape index (κ2) is 5.77. The van der Waals surface area contributed by atoms with E-state index in [1.165, 1.54) is 6.07 Å². The van der Waals surface area contributed by atoms with Gasteiger partial charge in [0, 0.05) is 17.1 Å². The molecule has 2 aromatic carbocycles. The standard InChI is InChI=1S/C16H11F2N3O/c17-13-5-3-6-14(18)12(13)9-20-21-16(22)11-8-19-15-7-2-1-4-10(11)15/h1-9,19H,(H,21,22)/b20-9+. The Hall–Kier alpha value is -3.02. The Morgan fingerprint density at radius 1 is 1.09 bits per heavy atom. The van der Waals surface area contributed by atoms with Gasteiger partial charge in [0.15, 0.2) is 0 Å². The van der Waals surface area contributed by atoms with Crippen LogP contribution in [-0.4, -0.2) is 17.1 Å². The minimum Gasteiger partial charge on any atom is -0.360 e. The van der Waals surface area contributed by atoms with Crippen LogP contribution in [0.15, 0.2) is 53.8 Å². The lowest BCUT2D eigenvalue weighted by Gasteiger charge is -2.00. The van der Waals surface area contributed by atoms with Gasteiger partial charge in [0.25, 0.3) is 5.91 Å². The average molecular weight is 299 g/mol. The first-order valence-electron chi connectivity index (χ1n) is 6.50. The van der Waals surface area contributed by atoms with Crippen LogP contribution in [0.5, 0.6) is 0 Å². The van der Waals surface area contributed by atoms with E-state index >= 15 is 0 Å². The van der Waals surface area contributed by atoms with Gasteiger partial charge in [0.1, 0.15) is 11.6 Å². The van der Waals surface area contributed by atoms with Crippen molar-refractivity contribution in [2.75, 3.05) is 0 Å². The van der Waals surface area contributed by atoms with Crippen molar-refractivity contribution in [2.45, 2.75) is 0 Å². The molecule has 0 unspecified atom stereocenters. The van der Waals surface area contributed by atoms with E-state index in [0.29, 0.717) is 5.56 Å². The maximum Gasteiger partial charge on any atom is 0.273 e. The van der Waals surface area contributed by atoms with Gasteiger partial charge in [0.2, 0.25) is 0 Å². The van der Waals surface area contributed by atoms with Gasteiger partial charge in [-0.25, -0.2) is 14.2 Å². The predicted molar refractivity (Wildman–Crippen MR) is 79.7 cm³/mol. The van der Waals surface area contributed by atoms with Crippen LogP contribution >= 0.6 is 0 Å². The number of hydrogen-bond donors (Lipinski definition) is 2. The lowest BCUT2D eigenvalue weighted by molar-refractivity contribution is 0.0957.